The van der Waals surface area contributed by atoms with Gasteiger partial charge in [0, 0.05) is 66.3 Å². The van der Waals surface area contributed by atoms with E-state index in [1.807, 2.05) is 6.92 Å². The number of aliphatic hydroxyl groups excluding tert-OH is 9. The quantitative estimate of drug-likeness (QED) is 0.0252. The summed E-state index contributed by atoms with van der Waals surface area (Å²) >= 11 is 0. The number of nitrogens with one attached hydrogen (secondary N) is 8. The van der Waals surface area contributed by atoms with Crippen LogP contribution in [0.5, 0.6) is 0 Å². The monoisotopic (exact) mass is 1480 g/mol. The van der Waals surface area contributed by atoms with Gasteiger partial charge in [-0.05, 0) is 19.3 Å². The lowest BCUT2D eigenvalue weighted by Gasteiger charge is -2.42. The van der Waals surface area contributed by atoms with Crippen molar-refractivity contribution in [3.8, 4) is 0 Å². The van der Waals surface area contributed by atoms with Crippen molar-refractivity contribution < 1.29 is 155 Å². The highest BCUT2D eigenvalue weighted by Crippen LogP contribution is 2.25. The first-order valence-electron chi connectivity index (χ1n) is 34.2. The number of amides is 8. The Balaban J connectivity index is 1.60. The second-order valence-corrected chi connectivity index (χ2v) is 23.4. The fraction of sp³-hybridized carbons (Fsp3) is 0.871. The van der Waals surface area contributed by atoms with Crippen molar-refractivity contribution in [3.05, 3.63) is 0 Å². The Morgan fingerprint density at radius 2 is 0.618 bits per heavy atom. The summed E-state index contributed by atoms with van der Waals surface area (Å²) in [6.07, 6.45) is -17.2. The van der Waals surface area contributed by atoms with Gasteiger partial charge in [-0.2, -0.15) is 0 Å². The van der Waals surface area contributed by atoms with Gasteiger partial charge in [-0.1, -0.05) is 6.92 Å². The molecule has 102 heavy (non-hydrogen) atoms. The van der Waals surface area contributed by atoms with E-state index in [1.165, 1.54) is 20.8 Å². The first kappa shape index (κ1) is 91.0. The average Bonchev–Trinajstić information content (AvgIpc) is 0.823. The Kier molecular flexibility index (Phi) is 48.5. The standard InChI is InChI=1S/C62H112N8O32/c1-5-14-88-19-21-93-23-25-95-27-28-96-26-24-94-22-20-89-15-10-48(79)70-42(59(87)65-13-18-92-31-34-99-62-51(68-40(4)76)57(85)54(82)45(37-73)102-62)7-9-47(78)69-41(58(86)64-12-17-91-30-33-98-61-50(67-39(3)75)56(84)53(81)44(36-72)101-61)6-8-46(77)63-11-16-90-29-32-97-60-49(66-38(2)74)55(83)52(80)43(35-71)100-60/h41-45,49-57,60-62,71-73,80-85H,5-37H2,1-4H3,(H,63,77)(H,64,86)(H,65,87)(H,66,74)(H,67,75)(H,68,76)(H,69,78)(H,70,79). The molecule has 17 atom stereocenters. The zero-order valence-electron chi connectivity index (χ0n) is 58.6. The molecule has 0 aromatic carbocycles. The Labute approximate surface area is 592 Å². The predicted octanol–water partition coefficient (Wildman–Crippen LogP) is -9.30. The van der Waals surface area contributed by atoms with E-state index in [9.17, 15) is 84.3 Å². The highest BCUT2D eigenvalue weighted by Gasteiger charge is 2.48. The molecule has 0 radical (unpaired) electrons. The molecule has 3 fully saturated rings. The average molecular weight is 1480 g/mol. The topological polar surface area (TPSA) is 553 Å². The van der Waals surface area contributed by atoms with E-state index in [1.54, 1.807) is 0 Å². The zero-order valence-corrected chi connectivity index (χ0v) is 58.6. The van der Waals surface area contributed by atoms with Crippen LogP contribution in [0.4, 0.5) is 0 Å². The van der Waals surface area contributed by atoms with E-state index < -0.39 is 178 Å². The summed E-state index contributed by atoms with van der Waals surface area (Å²) in [4.78, 5) is 103. The molecular weight excluding hydrogens is 1370 g/mol. The van der Waals surface area contributed by atoms with E-state index >= 15 is 0 Å². The number of carbonyl (C=O) groups excluding carboxylic acids is 8. The van der Waals surface area contributed by atoms with Gasteiger partial charge < -0.3 is 160 Å². The molecule has 3 rings (SSSR count). The van der Waals surface area contributed by atoms with Gasteiger partial charge in [-0.25, -0.2) is 0 Å². The molecule has 3 saturated heterocycles. The number of ether oxygens (including phenoxy) is 15. The molecule has 0 aromatic heterocycles. The van der Waals surface area contributed by atoms with Crippen LogP contribution in [0.25, 0.3) is 0 Å². The van der Waals surface area contributed by atoms with E-state index in [-0.39, 0.29) is 131 Å². The highest BCUT2D eigenvalue weighted by atomic mass is 16.7. The fourth-order valence-electron chi connectivity index (χ4n) is 10.0. The molecule has 17 unspecified atom stereocenters. The van der Waals surface area contributed by atoms with Gasteiger partial charge in [-0.15, -0.1) is 0 Å². The van der Waals surface area contributed by atoms with Crippen LogP contribution in [0.1, 0.15) is 66.2 Å². The van der Waals surface area contributed by atoms with Crippen LogP contribution in [0, 0.1) is 0 Å². The minimum Gasteiger partial charge on any atom is -0.394 e. The first-order valence-corrected chi connectivity index (χ1v) is 34.2. The molecule has 0 bridgehead atoms. The molecule has 592 valence electrons. The number of hydrogen-bond acceptors (Lipinski definition) is 32. The van der Waals surface area contributed by atoms with Crippen molar-refractivity contribution in [1.82, 2.24) is 42.5 Å². The second-order valence-electron chi connectivity index (χ2n) is 23.4. The molecule has 40 nitrogen and oxygen atoms in total. The van der Waals surface area contributed by atoms with E-state index in [0.717, 1.165) is 6.42 Å². The van der Waals surface area contributed by atoms with E-state index in [0.29, 0.717) is 52.9 Å². The summed E-state index contributed by atoms with van der Waals surface area (Å²) in [6.45, 7) is 6.44. The fourth-order valence-corrected chi connectivity index (χ4v) is 10.0. The highest BCUT2D eigenvalue weighted by molar-refractivity contribution is 5.90. The van der Waals surface area contributed by atoms with Crippen LogP contribution in [0.3, 0.4) is 0 Å². The van der Waals surface area contributed by atoms with Gasteiger partial charge in [0.15, 0.2) is 18.9 Å². The summed E-state index contributed by atoms with van der Waals surface area (Å²) in [5, 5.41) is 112. The predicted molar refractivity (Wildman–Crippen MR) is 348 cm³/mol. The summed E-state index contributed by atoms with van der Waals surface area (Å²) in [5.74, 6) is -5.06. The maximum atomic E-state index is 13.8. The Bertz CT molecular complexity index is 2350. The molecule has 8 amide bonds. The molecule has 0 aliphatic carbocycles. The Hall–Kier alpha value is -5.20. The minimum atomic E-state index is -1.55. The van der Waals surface area contributed by atoms with Gasteiger partial charge in [0.2, 0.25) is 47.3 Å². The van der Waals surface area contributed by atoms with Crippen molar-refractivity contribution in [2.45, 2.75) is 170 Å². The van der Waals surface area contributed by atoms with Crippen LogP contribution in [-0.4, -0.2) is 375 Å². The maximum absolute atomic E-state index is 13.8. The van der Waals surface area contributed by atoms with Gasteiger partial charge in [0.1, 0.15) is 85.1 Å². The number of hydrogen-bond donors (Lipinski definition) is 17. The number of carbonyl (C=O) groups is 8. The number of aliphatic hydroxyl groups is 9. The lowest BCUT2D eigenvalue weighted by atomic mass is 9.97. The van der Waals surface area contributed by atoms with E-state index in [2.05, 4.69) is 42.5 Å². The molecular formula is C62H112N8O32. The molecule has 3 heterocycles. The first-order chi connectivity index (χ1) is 49.1. The molecule has 0 spiro atoms. The van der Waals surface area contributed by atoms with Crippen molar-refractivity contribution in [2.24, 2.45) is 0 Å². The Morgan fingerprint density at radius 1 is 0.343 bits per heavy atom. The lowest BCUT2D eigenvalue weighted by Crippen LogP contribution is -2.64. The van der Waals surface area contributed by atoms with Crippen molar-refractivity contribution in [3.63, 3.8) is 0 Å². The van der Waals surface area contributed by atoms with Gasteiger partial charge in [0.05, 0.1) is 152 Å². The normalized spacial score (nSPS) is 25.5. The third-order valence-corrected chi connectivity index (χ3v) is 15.2. The van der Waals surface area contributed by atoms with Crippen LogP contribution < -0.4 is 42.5 Å². The minimum absolute atomic E-state index is 0.0276. The summed E-state index contributed by atoms with van der Waals surface area (Å²) in [7, 11) is 0. The molecule has 17 N–H and O–H groups in total. The largest absolute Gasteiger partial charge is 0.394 e. The van der Waals surface area contributed by atoms with Crippen LogP contribution >= 0.6 is 0 Å². The van der Waals surface area contributed by atoms with Crippen molar-refractivity contribution >= 4 is 47.3 Å². The Morgan fingerprint density at radius 3 is 0.931 bits per heavy atom. The van der Waals surface area contributed by atoms with Crippen LogP contribution in [0.15, 0.2) is 0 Å². The number of rotatable bonds is 57. The van der Waals surface area contributed by atoms with Crippen molar-refractivity contribution in [1.29, 1.82) is 0 Å². The summed E-state index contributed by atoms with van der Waals surface area (Å²) < 4.78 is 83.1. The van der Waals surface area contributed by atoms with Gasteiger partial charge >= 0.3 is 0 Å². The van der Waals surface area contributed by atoms with Gasteiger partial charge in [-0.3, -0.25) is 38.4 Å². The summed E-state index contributed by atoms with van der Waals surface area (Å²) in [6, 6.07) is -6.25. The molecule has 0 saturated carbocycles. The third kappa shape index (κ3) is 37.2. The molecule has 0 aromatic rings. The summed E-state index contributed by atoms with van der Waals surface area (Å²) in [5.41, 5.74) is 0. The molecule has 3 aliphatic rings. The second kappa shape index (κ2) is 54.4. The van der Waals surface area contributed by atoms with Crippen LogP contribution in [0.2, 0.25) is 0 Å². The smallest absolute Gasteiger partial charge is 0.242 e. The SMILES string of the molecule is CCCOCCOCCOCCOCCOCCOCCC(=O)NC(CCC(=O)NC(CCC(=O)NCCOCCOC1OC(CO)C(O)C(O)C1NC(C)=O)C(=O)NCCOCCOC1OC(CO)C(O)C(O)C1NC(C)=O)C(=O)NCCOCCOC1OC(CO)C(O)C(O)C1NC(C)=O. The maximum Gasteiger partial charge on any atom is 0.242 e. The third-order valence-electron chi connectivity index (χ3n) is 15.2. The molecule has 3 aliphatic heterocycles. The van der Waals surface area contributed by atoms with Crippen molar-refractivity contribution in [2.75, 3.05) is 178 Å². The van der Waals surface area contributed by atoms with Crippen LogP contribution in [-0.2, 0) is 109 Å². The van der Waals surface area contributed by atoms with E-state index in [4.69, 9.17) is 71.1 Å². The zero-order chi connectivity index (χ0) is 75.0. The lowest BCUT2D eigenvalue weighted by molar-refractivity contribution is -0.272. The van der Waals surface area contributed by atoms with Gasteiger partial charge in [0.25, 0.3) is 0 Å². The molecule has 40 heteroatoms.